The Kier molecular flexibility index (Phi) is 3.46. The minimum Gasteiger partial charge on any atom is -0.362 e. The maximum atomic E-state index is 11.8. The average molecular weight is 282 g/mol. The molecule has 106 valence electrons. The second kappa shape index (κ2) is 5.58. The molecule has 2 N–H and O–H groups in total. The lowest BCUT2D eigenvalue weighted by Gasteiger charge is -2.08. The second-order valence-corrected chi connectivity index (χ2v) is 4.38. The molecule has 0 aliphatic heterocycles. The molecule has 0 aliphatic carbocycles. The number of pyridine rings is 2. The highest BCUT2D eigenvalue weighted by Crippen LogP contribution is 2.12. The van der Waals surface area contributed by atoms with Gasteiger partial charge in [0.15, 0.2) is 11.5 Å². The third kappa shape index (κ3) is 2.53. The number of nitrogens with zero attached hydrogens (tertiary/aromatic N) is 4. The van der Waals surface area contributed by atoms with Crippen LogP contribution in [-0.4, -0.2) is 32.5 Å². The molecule has 0 fully saturated rings. The maximum absolute atomic E-state index is 11.8. The van der Waals surface area contributed by atoms with Crippen molar-refractivity contribution >= 4 is 17.4 Å². The fourth-order valence-electron chi connectivity index (χ4n) is 2.04. The van der Waals surface area contributed by atoms with Crippen LogP contribution in [-0.2, 0) is 6.54 Å². The molecule has 7 nitrogen and oxygen atoms in total. The van der Waals surface area contributed by atoms with Crippen LogP contribution in [0.15, 0.2) is 42.7 Å². The molecule has 1 amide bonds. The molecule has 0 unspecified atom stereocenters. The highest BCUT2D eigenvalue weighted by atomic mass is 16.1. The van der Waals surface area contributed by atoms with E-state index in [0.717, 1.165) is 11.5 Å². The summed E-state index contributed by atoms with van der Waals surface area (Å²) in [5.41, 5.74) is 1.27. The van der Waals surface area contributed by atoms with E-state index < -0.39 is 0 Å². The van der Waals surface area contributed by atoms with Crippen LogP contribution in [0, 0.1) is 0 Å². The summed E-state index contributed by atoms with van der Waals surface area (Å²) in [5.74, 6) is 1.08. The van der Waals surface area contributed by atoms with Crippen molar-refractivity contribution in [2.75, 3.05) is 12.4 Å². The number of carbonyl (C=O) groups is 1. The molecular weight excluding hydrogens is 268 g/mol. The smallest absolute Gasteiger partial charge is 0.254 e. The van der Waals surface area contributed by atoms with E-state index in [2.05, 4.69) is 25.8 Å². The van der Waals surface area contributed by atoms with E-state index in [1.54, 1.807) is 25.4 Å². The number of rotatable bonds is 4. The first-order valence-electron chi connectivity index (χ1n) is 6.49. The Morgan fingerprint density at radius 3 is 3.00 bits per heavy atom. The van der Waals surface area contributed by atoms with Gasteiger partial charge in [0.2, 0.25) is 0 Å². The lowest BCUT2D eigenvalue weighted by atomic mass is 10.2. The number of anilines is 1. The number of amides is 1. The zero-order valence-electron chi connectivity index (χ0n) is 11.4. The Balaban J connectivity index is 1.84. The van der Waals surface area contributed by atoms with Gasteiger partial charge in [0, 0.05) is 19.4 Å². The Bertz CT molecular complexity index is 782. The van der Waals surface area contributed by atoms with Crippen molar-refractivity contribution in [3.63, 3.8) is 0 Å². The van der Waals surface area contributed by atoms with Gasteiger partial charge in [-0.15, -0.1) is 10.2 Å². The van der Waals surface area contributed by atoms with E-state index in [0.29, 0.717) is 17.9 Å². The van der Waals surface area contributed by atoms with Crippen LogP contribution in [0.3, 0.4) is 0 Å². The average Bonchev–Trinajstić information content (AvgIpc) is 2.96. The van der Waals surface area contributed by atoms with E-state index in [-0.39, 0.29) is 5.91 Å². The van der Waals surface area contributed by atoms with Gasteiger partial charge in [-0.05, 0) is 24.3 Å². The van der Waals surface area contributed by atoms with Gasteiger partial charge in [-0.3, -0.25) is 9.20 Å². The van der Waals surface area contributed by atoms with Crippen LogP contribution < -0.4 is 10.6 Å². The summed E-state index contributed by atoms with van der Waals surface area (Å²) < 4.78 is 1.88. The van der Waals surface area contributed by atoms with Gasteiger partial charge in [0.05, 0.1) is 12.1 Å². The van der Waals surface area contributed by atoms with Crippen molar-refractivity contribution in [3.8, 4) is 0 Å². The zero-order chi connectivity index (χ0) is 14.7. The van der Waals surface area contributed by atoms with Crippen LogP contribution in [0.1, 0.15) is 16.2 Å². The van der Waals surface area contributed by atoms with E-state index in [1.807, 2.05) is 28.8 Å². The molecule has 3 aromatic heterocycles. The molecule has 0 spiro atoms. The summed E-state index contributed by atoms with van der Waals surface area (Å²) in [6.07, 6.45) is 3.53. The van der Waals surface area contributed by atoms with Crippen LogP contribution >= 0.6 is 0 Å². The van der Waals surface area contributed by atoms with Crippen LogP contribution in [0.4, 0.5) is 5.82 Å². The monoisotopic (exact) mass is 282 g/mol. The van der Waals surface area contributed by atoms with Crippen molar-refractivity contribution in [3.05, 3.63) is 54.1 Å². The predicted molar refractivity (Wildman–Crippen MR) is 77.9 cm³/mol. The van der Waals surface area contributed by atoms with Gasteiger partial charge in [-0.2, -0.15) is 0 Å². The molecule has 0 bridgehead atoms. The third-order valence-corrected chi connectivity index (χ3v) is 3.08. The molecule has 0 radical (unpaired) electrons. The molecule has 7 heteroatoms. The second-order valence-electron chi connectivity index (χ2n) is 4.38. The highest BCUT2D eigenvalue weighted by Gasteiger charge is 2.11. The SMILES string of the molecule is CNC(=O)c1cccnc1NCc1nnc2ccccn12. The Morgan fingerprint density at radius 2 is 2.14 bits per heavy atom. The molecule has 0 atom stereocenters. The van der Waals surface area contributed by atoms with E-state index >= 15 is 0 Å². The number of nitrogens with one attached hydrogen (secondary N) is 2. The van der Waals surface area contributed by atoms with Gasteiger partial charge >= 0.3 is 0 Å². The molecular formula is C14H14N6O. The molecule has 3 aromatic rings. The first-order valence-corrected chi connectivity index (χ1v) is 6.49. The number of carbonyl (C=O) groups excluding carboxylic acids is 1. The highest BCUT2D eigenvalue weighted by molar-refractivity contribution is 5.98. The Labute approximate surface area is 121 Å². The van der Waals surface area contributed by atoms with E-state index in [4.69, 9.17) is 0 Å². The van der Waals surface area contributed by atoms with Crippen LogP contribution in [0.2, 0.25) is 0 Å². The fourth-order valence-corrected chi connectivity index (χ4v) is 2.04. The quantitative estimate of drug-likeness (QED) is 0.748. The van der Waals surface area contributed by atoms with E-state index in [1.165, 1.54) is 0 Å². The summed E-state index contributed by atoms with van der Waals surface area (Å²) in [7, 11) is 1.59. The number of hydrogen-bond donors (Lipinski definition) is 2. The molecule has 0 saturated carbocycles. The number of aromatic nitrogens is 4. The number of hydrogen-bond acceptors (Lipinski definition) is 5. The van der Waals surface area contributed by atoms with Crippen molar-refractivity contribution in [2.45, 2.75) is 6.54 Å². The number of fused-ring (bicyclic) bond motifs is 1. The Morgan fingerprint density at radius 1 is 1.24 bits per heavy atom. The minimum atomic E-state index is -0.184. The summed E-state index contributed by atoms with van der Waals surface area (Å²) in [5, 5.41) is 13.9. The van der Waals surface area contributed by atoms with Gasteiger partial charge in [0.1, 0.15) is 5.82 Å². The van der Waals surface area contributed by atoms with Crippen LogP contribution in [0.25, 0.3) is 5.65 Å². The molecule has 21 heavy (non-hydrogen) atoms. The molecule has 0 aliphatic rings. The zero-order valence-corrected chi connectivity index (χ0v) is 11.4. The van der Waals surface area contributed by atoms with Crippen molar-refractivity contribution in [1.82, 2.24) is 24.9 Å². The van der Waals surface area contributed by atoms with Gasteiger partial charge < -0.3 is 10.6 Å². The maximum Gasteiger partial charge on any atom is 0.254 e. The van der Waals surface area contributed by atoms with Crippen molar-refractivity contribution in [1.29, 1.82) is 0 Å². The topological polar surface area (TPSA) is 84.2 Å². The summed E-state index contributed by atoms with van der Waals surface area (Å²) in [6, 6.07) is 9.14. The Hall–Kier alpha value is -2.96. The summed E-state index contributed by atoms with van der Waals surface area (Å²) in [4.78, 5) is 16.0. The predicted octanol–water partition coefficient (Wildman–Crippen LogP) is 1.10. The minimum absolute atomic E-state index is 0.184. The molecule has 3 heterocycles. The van der Waals surface area contributed by atoms with Crippen molar-refractivity contribution < 1.29 is 4.79 Å². The molecule has 0 saturated heterocycles. The van der Waals surface area contributed by atoms with Crippen LogP contribution in [0.5, 0.6) is 0 Å². The third-order valence-electron chi connectivity index (χ3n) is 3.08. The summed E-state index contributed by atoms with van der Waals surface area (Å²) >= 11 is 0. The normalized spacial score (nSPS) is 10.5. The van der Waals surface area contributed by atoms with Crippen molar-refractivity contribution in [2.24, 2.45) is 0 Å². The first-order chi connectivity index (χ1) is 10.3. The fraction of sp³-hybridized carbons (Fsp3) is 0.143. The van der Waals surface area contributed by atoms with Gasteiger partial charge in [-0.25, -0.2) is 4.98 Å². The first kappa shape index (κ1) is 13.0. The largest absolute Gasteiger partial charge is 0.362 e. The van der Waals surface area contributed by atoms with E-state index in [9.17, 15) is 4.79 Å². The lowest BCUT2D eigenvalue weighted by Crippen LogP contribution is -2.20. The lowest BCUT2D eigenvalue weighted by molar-refractivity contribution is 0.0963. The van der Waals surface area contributed by atoms with Gasteiger partial charge in [0.25, 0.3) is 5.91 Å². The molecule has 3 rings (SSSR count). The summed E-state index contributed by atoms with van der Waals surface area (Å²) in [6.45, 7) is 0.423. The standard InChI is InChI=1S/C14H14N6O/c1-15-14(21)10-5-4-7-16-13(10)17-9-12-19-18-11-6-2-3-8-20(11)12/h2-8H,9H2,1H3,(H,15,21)(H,16,17). The van der Waals surface area contributed by atoms with Gasteiger partial charge in [-0.1, -0.05) is 6.07 Å². The molecule has 0 aromatic carbocycles.